The molecule has 1 aliphatic carbocycles. The molecule has 106 valence electrons. The summed E-state index contributed by atoms with van der Waals surface area (Å²) in [7, 11) is -3.53. The summed E-state index contributed by atoms with van der Waals surface area (Å²) in [5.74, 6) is 0. The summed E-state index contributed by atoms with van der Waals surface area (Å²) in [4.78, 5) is 0.147. The molecular weight excluding hydrogens is 328 g/mol. The average Bonchev–Trinajstić information content (AvgIpc) is 3.11. The van der Waals surface area contributed by atoms with E-state index in [0.29, 0.717) is 11.0 Å². The number of anilines is 1. The van der Waals surface area contributed by atoms with Crippen molar-refractivity contribution in [1.29, 1.82) is 0 Å². The van der Waals surface area contributed by atoms with Crippen LogP contribution in [0.5, 0.6) is 0 Å². The molecule has 2 rings (SSSR count). The zero-order valence-electron chi connectivity index (χ0n) is 10.9. The first-order valence-electron chi connectivity index (χ1n) is 6.43. The molecule has 1 fully saturated rings. The fourth-order valence-corrected chi connectivity index (χ4v) is 4.11. The van der Waals surface area contributed by atoms with Crippen molar-refractivity contribution >= 4 is 31.6 Å². The summed E-state index contributed by atoms with van der Waals surface area (Å²) < 4.78 is 28.0. The van der Waals surface area contributed by atoms with Gasteiger partial charge in [-0.25, -0.2) is 13.1 Å². The van der Waals surface area contributed by atoms with E-state index in [1.165, 1.54) is 6.07 Å². The van der Waals surface area contributed by atoms with Crippen molar-refractivity contribution in [2.75, 3.05) is 12.3 Å². The van der Waals surface area contributed by atoms with Crippen molar-refractivity contribution in [3.05, 3.63) is 22.7 Å². The van der Waals surface area contributed by atoms with Crippen LogP contribution < -0.4 is 10.5 Å². The van der Waals surface area contributed by atoms with Crippen LogP contribution in [-0.4, -0.2) is 15.0 Å². The van der Waals surface area contributed by atoms with Gasteiger partial charge in [0.2, 0.25) is 10.0 Å². The fourth-order valence-electron chi connectivity index (χ4n) is 2.29. The molecule has 1 aliphatic rings. The van der Waals surface area contributed by atoms with Gasteiger partial charge in [-0.1, -0.05) is 29.3 Å². The van der Waals surface area contributed by atoms with Crippen molar-refractivity contribution in [2.24, 2.45) is 5.41 Å². The number of hydrogen-bond acceptors (Lipinski definition) is 3. The van der Waals surface area contributed by atoms with Gasteiger partial charge in [0.1, 0.15) is 4.90 Å². The van der Waals surface area contributed by atoms with E-state index in [1.54, 1.807) is 12.1 Å². The molecular formula is C13H19BrN2O2S. The van der Waals surface area contributed by atoms with Crippen molar-refractivity contribution in [1.82, 2.24) is 4.72 Å². The van der Waals surface area contributed by atoms with Crippen LogP contribution in [0.15, 0.2) is 27.6 Å². The Morgan fingerprint density at radius 1 is 1.42 bits per heavy atom. The molecule has 19 heavy (non-hydrogen) atoms. The van der Waals surface area contributed by atoms with Crippen molar-refractivity contribution in [2.45, 2.75) is 37.5 Å². The van der Waals surface area contributed by atoms with Gasteiger partial charge in [-0.2, -0.15) is 0 Å². The molecule has 0 aliphatic heterocycles. The second-order valence-corrected chi connectivity index (χ2v) is 7.91. The molecule has 0 spiro atoms. The molecule has 1 aromatic carbocycles. The number of halogens is 1. The highest BCUT2D eigenvalue weighted by molar-refractivity contribution is 9.10. The maximum Gasteiger partial charge on any atom is 0.242 e. The first kappa shape index (κ1) is 14.8. The minimum absolute atomic E-state index is 0.147. The molecule has 0 bridgehead atoms. The van der Waals surface area contributed by atoms with E-state index in [1.807, 2.05) is 0 Å². The van der Waals surface area contributed by atoms with Crippen molar-refractivity contribution in [3.63, 3.8) is 0 Å². The van der Waals surface area contributed by atoms with E-state index in [-0.39, 0.29) is 16.0 Å². The Kier molecular flexibility index (Phi) is 4.23. The van der Waals surface area contributed by atoms with Gasteiger partial charge in [0, 0.05) is 11.0 Å². The zero-order chi connectivity index (χ0) is 14.1. The predicted molar refractivity (Wildman–Crippen MR) is 80.3 cm³/mol. The van der Waals surface area contributed by atoms with Gasteiger partial charge in [0.15, 0.2) is 0 Å². The quantitative estimate of drug-likeness (QED) is 0.778. The van der Waals surface area contributed by atoms with Crippen LogP contribution in [0, 0.1) is 5.41 Å². The van der Waals surface area contributed by atoms with Crippen LogP contribution >= 0.6 is 15.9 Å². The molecule has 3 N–H and O–H groups in total. The molecule has 0 heterocycles. The van der Waals surface area contributed by atoms with Crippen LogP contribution in [0.4, 0.5) is 5.69 Å². The largest absolute Gasteiger partial charge is 0.398 e. The minimum Gasteiger partial charge on any atom is -0.398 e. The molecule has 0 radical (unpaired) electrons. The minimum atomic E-state index is -3.53. The molecule has 6 heteroatoms. The van der Waals surface area contributed by atoms with Gasteiger partial charge in [-0.3, -0.25) is 0 Å². The smallest absolute Gasteiger partial charge is 0.242 e. The van der Waals surface area contributed by atoms with Crippen LogP contribution in [-0.2, 0) is 10.0 Å². The molecule has 0 unspecified atom stereocenters. The highest BCUT2D eigenvalue weighted by Crippen LogP contribution is 2.49. The maximum absolute atomic E-state index is 12.3. The number of sulfonamides is 1. The highest BCUT2D eigenvalue weighted by Gasteiger charge is 2.42. The topological polar surface area (TPSA) is 72.2 Å². The van der Waals surface area contributed by atoms with E-state index >= 15 is 0 Å². The van der Waals surface area contributed by atoms with E-state index in [2.05, 4.69) is 27.6 Å². The Labute approximate surface area is 122 Å². The second kappa shape index (κ2) is 5.42. The number of rotatable bonds is 6. The van der Waals surface area contributed by atoms with Gasteiger partial charge in [-0.15, -0.1) is 0 Å². The monoisotopic (exact) mass is 346 g/mol. The highest BCUT2D eigenvalue weighted by atomic mass is 79.9. The van der Waals surface area contributed by atoms with E-state index in [4.69, 9.17) is 5.73 Å². The molecule has 1 saturated carbocycles. The molecule has 0 amide bonds. The van der Waals surface area contributed by atoms with Crippen LogP contribution in [0.3, 0.4) is 0 Å². The summed E-state index contributed by atoms with van der Waals surface area (Å²) >= 11 is 3.27. The van der Waals surface area contributed by atoms with Crippen LogP contribution in [0.25, 0.3) is 0 Å². The van der Waals surface area contributed by atoms with Gasteiger partial charge in [-0.05, 0) is 42.9 Å². The predicted octanol–water partition coefficient (Wildman–Crippen LogP) is 2.89. The SMILES string of the molecule is CCCC1(CNS(=O)(=O)c2cc(Br)ccc2N)CC1. The van der Waals surface area contributed by atoms with E-state index in [9.17, 15) is 8.42 Å². The second-order valence-electron chi connectivity index (χ2n) is 5.26. The van der Waals surface area contributed by atoms with Crippen molar-refractivity contribution < 1.29 is 8.42 Å². The third-order valence-electron chi connectivity index (χ3n) is 3.64. The van der Waals surface area contributed by atoms with E-state index in [0.717, 1.165) is 25.7 Å². The Morgan fingerprint density at radius 3 is 2.68 bits per heavy atom. The Morgan fingerprint density at radius 2 is 2.11 bits per heavy atom. The van der Waals surface area contributed by atoms with Gasteiger partial charge in [0.25, 0.3) is 0 Å². The molecule has 0 saturated heterocycles. The van der Waals surface area contributed by atoms with Gasteiger partial charge in [0.05, 0.1) is 5.69 Å². The summed E-state index contributed by atoms with van der Waals surface area (Å²) in [5.41, 5.74) is 6.21. The number of nitrogen functional groups attached to an aromatic ring is 1. The zero-order valence-corrected chi connectivity index (χ0v) is 13.4. The first-order chi connectivity index (χ1) is 8.88. The number of nitrogens with one attached hydrogen (secondary N) is 1. The molecule has 4 nitrogen and oxygen atoms in total. The van der Waals surface area contributed by atoms with Crippen LogP contribution in [0.1, 0.15) is 32.6 Å². The Balaban J connectivity index is 2.12. The molecule has 0 atom stereocenters. The Bertz CT molecular complexity index is 568. The molecule has 0 aromatic heterocycles. The lowest BCUT2D eigenvalue weighted by Gasteiger charge is -2.16. The third-order valence-corrected chi connectivity index (χ3v) is 5.59. The Hall–Kier alpha value is -0.590. The average molecular weight is 347 g/mol. The normalized spacial score (nSPS) is 17.4. The number of benzene rings is 1. The van der Waals surface area contributed by atoms with Crippen LogP contribution in [0.2, 0.25) is 0 Å². The number of hydrogen-bond donors (Lipinski definition) is 2. The summed E-state index contributed by atoms with van der Waals surface area (Å²) in [6.07, 6.45) is 4.37. The summed E-state index contributed by atoms with van der Waals surface area (Å²) in [5, 5.41) is 0. The lowest BCUT2D eigenvalue weighted by atomic mass is 10.0. The third kappa shape index (κ3) is 3.49. The fraction of sp³-hybridized carbons (Fsp3) is 0.538. The van der Waals surface area contributed by atoms with E-state index < -0.39 is 10.0 Å². The lowest BCUT2D eigenvalue weighted by Crippen LogP contribution is -2.30. The number of nitrogens with two attached hydrogens (primary N) is 1. The molecule has 1 aromatic rings. The van der Waals surface area contributed by atoms with Gasteiger partial charge >= 0.3 is 0 Å². The maximum atomic E-state index is 12.3. The van der Waals surface area contributed by atoms with Crippen molar-refractivity contribution in [3.8, 4) is 0 Å². The standard InChI is InChI=1S/C13H19BrN2O2S/c1-2-5-13(6-7-13)9-16-19(17,18)12-8-10(14)3-4-11(12)15/h3-4,8,16H,2,5-7,9,15H2,1H3. The summed E-state index contributed by atoms with van der Waals surface area (Å²) in [6.45, 7) is 2.63. The lowest BCUT2D eigenvalue weighted by molar-refractivity contribution is 0.449. The summed E-state index contributed by atoms with van der Waals surface area (Å²) in [6, 6.07) is 4.86. The van der Waals surface area contributed by atoms with Gasteiger partial charge < -0.3 is 5.73 Å². The first-order valence-corrected chi connectivity index (χ1v) is 8.71.